The third kappa shape index (κ3) is 3.52. The van der Waals surface area contributed by atoms with E-state index in [-0.39, 0.29) is 6.03 Å². The standard InChI is InChI=1S/C17H27N5O/c23-17(21-9-1-2-10-21)18-7-5-15-12-20(11-14-3-4-14)13-16-6-8-19-22(15)16/h6,8,14-15H,1-5,7,9-13H2,(H,18,23)/t15-/m1/s1. The predicted molar refractivity (Wildman–Crippen MR) is 88.1 cm³/mol. The molecule has 0 aromatic carbocycles. The van der Waals surface area contributed by atoms with Gasteiger partial charge in [-0.1, -0.05) is 0 Å². The van der Waals surface area contributed by atoms with E-state index < -0.39 is 0 Å². The van der Waals surface area contributed by atoms with Crippen LogP contribution in [0.15, 0.2) is 12.3 Å². The average Bonchev–Trinajstić information content (AvgIpc) is 3.05. The summed E-state index contributed by atoms with van der Waals surface area (Å²) in [6, 6.07) is 2.62. The number of urea groups is 1. The molecule has 1 atom stereocenters. The van der Waals surface area contributed by atoms with Crippen LogP contribution < -0.4 is 5.32 Å². The van der Waals surface area contributed by atoms with Crippen LogP contribution in [0.4, 0.5) is 4.79 Å². The third-order valence-electron chi connectivity index (χ3n) is 5.31. The van der Waals surface area contributed by atoms with Gasteiger partial charge in [-0.15, -0.1) is 0 Å². The van der Waals surface area contributed by atoms with Gasteiger partial charge in [-0.25, -0.2) is 4.79 Å². The van der Waals surface area contributed by atoms with E-state index in [1.807, 2.05) is 11.1 Å². The van der Waals surface area contributed by atoms with Crippen LogP contribution in [0.2, 0.25) is 0 Å². The molecule has 1 aromatic heterocycles. The number of fused-ring (bicyclic) bond motifs is 1. The van der Waals surface area contributed by atoms with Crippen LogP contribution in [0.3, 0.4) is 0 Å². The Kier molecular flexibility index (Phi) is 4.25. The highest BCUT2D eigenvalue weighted by molar-refractivity contribution is 5.74. The molecule has 2 aliphatic heterocycles. The number of nitrogens with zero attached hydrogens (tertiary/aromatic N) is 4. The van der Waals surface area contributed by atoms with Crippen LogP contribution in [0.25, 0.3) is 0 Å². The number of nitrogens with one attached hydrogen (secondary N) is 1. The molecule has 3 heterocycles. The summed E-state index contributed by atoms with van der Waals surface area (Å²) in [4.78, 5) is 16.6. The first-order valence-corrected chi connectivity index (χ1v) is 9.07. The fourth-order valence-corrected chi connectivity index (χ4v) is 3.86. The first-order chi connectivity index (χ1) is 11.3. The summed E-state index contributed by atoms with van der Waals surface area (Å²) >= 11 is 0. The van der Waals surface area contributed by atoms with E-state index in [2.05, 4.69) is 26.1 Å². The molecule has 6 nitrogen and oxygen atoms in total. The summed E-state index contributed by atoms with van der Waals surface area (Å²) in [6.07, 6.45) is 7.94. The Labute approximate surface area is 137 Å². The van der Waals surface area contributed by atoms with E-state index in [0.717, 1.165) is 57.9 Å². The van der Waals surface area contributed by atoms with Crippen molar-refractivity contribution in [2.24, 2.45) is 5.92 Å². The zero-order chi connectivity index (χ0) is 15.6. The highest BCUT2D eigenvalue weighted by Gasteiger charge is 2.30. The van der Waals surface area contributed by atoms with Gasteiger partial charge < -0.3 is 10.2 Å². The normalized spacial score (nSPS) is 24.7. The highest BCUT2D eigenvalue weighted by atomic mass is 16.2. The van der Waals surface area contributed by atoms with Crippen molar-refractivity contribution in [1.82, 2.24) is 24.9 Å². The maximum atomic E-state index is 12.1. The summed E-state index contributed by atoms with van der Waals surface area (Å²) in [6.45, 7) is 5.86. The van der Waals surface area contributed by atoms with Gasteiger partial charge in [0.2, 0.25) is 0 Å². The SMILES string of the molecule is O=C(NCC[C@@H]1CN(CC2CC2)Cc2ccnn21)N1CCCC1. The zero-order valence-corrected chi connectivity index (χ0v) is 13.8. The lowest BCUT2D eigenvalue weighted by Gasteiger charge is -2.34. The van der Waals surface area contributed by atoms with E-state index in [4.69, 9.17) is 0 Å². The molecule has 2 amide bonds. The topological polar surface area (TPSA) is 53.4 Å². The summed E-state index contributed by atoms with van der Waals surface area (Å²) in [5.41, 5.74) is 1.31. The summed E-state index contributed by atoms with van der Waals surface area (Å²) in [5, 5.41) is 7.60. The summed E-state index contributed by atoms with van der Waals surface area (Å²) in [7, 11) is 0. The van der Waals surface area contributed by atoms with Gasteiger partial charge in [0.1, 0.15) is 0 Å². The second kappa shape index (κ2) is 6.51. The smallest absolute Gasteiger partial charge is 0.317 e. The maximum absolute atomic E-state index is 12.1. The van der Waals surface area contributed by atoms with Crippen molar-refractivity contribution in [1.29, 1.82) is 0 Å². The molecule has 1 aromatic rings. The third-order valence-corrected chi connectivity index (χ3v) is 5.31. The van der Waals surface area contributed by atoms with Crippen LogP contribution in [-0.2, 0) is 6.54 Å². The van der Waals surface area contributed by atoms with Gasteiger partial charge in [0.25, 0.3) is 0 Å². The van der Waals surface area contributed by atoms with Crippen LogP contribution in [0.1, 0.15) is 43.8 Å². The largest absolute Gasteiger partial charge is 0.338 e. The van der Waals surface area contributed by atoms with E-state index in [0.29, 0.717) is 6.04 Å². The first-order valence-electron chi connectivity index (χ1n) is 9.07. The lowest BCUT2D eigenvalue weighted by Crippen LogP contribution is -2.42. The van der Waals surface area contributed by atoms with E-state index in [1.54, 1.807) is 0 Å². The lowest BCUT2D eigenvalue weighted by atomic mass is 10.1. The fraction of sp³-hybridized carbons (Fsp3) is 0.765. The quantitative estimate of drug-likeness (QED) is 0.902. The van der Waals surface area contributed by atoms with E-state index >= 15 is 0 Å². The molecule has 0 radical (unpaired) electrons. The first kappa shape index (κ1) is 15.0. The van der Waals surface area contributed by atoms with Gasteiger partial charge in [0.15, 0.2) is 0 Å². The Morgan fingerprint density at radius 2 is 2.13 bits per heavy atom. The van der Waals surface area contributed by atoms with Crippen molar-refractivity contribution in [3.63, 3.8) is 0 Å². The molecule has 1 saturated carbocycles. The predicted octanol–water partition coefficient (Wildman–Crippen LogP) is 1.85. The molecule has 1 N–H and O–H groups in total. The number of carbonyl (C=O) groups excluding carboxylic acids is 1. The van der Waals surface area contributed by atoms with Gasteiger partial charge in [-0.05, 0) is 44.1 Å². The Hall–Kier alpha value is -1.56. The van der Waals surface area contributed by atoms with Crippen molar-refractivity contribution < 1.29 is 4.79 Å². The molecule has 0 unspecified atom stereocenters. The molecular formula is C17H27N5O. The number of hydrogen-bond acceptors (Lipinski definition) is 3. The summed E-state index contributed by atoms with van der Waals surface area (Å²) < 4.78 is 2.17. The Morgan fingerprint density at radius 3 is 2.91 bits per heavy atom. The van der Waals surface area contributed by atoms with Gasteiger partial charge in [-0.3, -0.25) is 9.58 Å². The zero-order valence-electron chi connectivity index (χ0n) is 13.8. The number of carbonyl (C=O) groups is 1. The van der Waals surface area contributed by atoms with Gasteiger partial charge in [-0.2, -0.15) is 5.10 Å². The van der Waals surface area contributed by atoms with Crippen molar-refractivity contribution >= 4 is 6.03 Å². The molecule has 1 aliphatic carbocycles. The van der Waals surface area contributed by atoms with Crippen molar-refractivity contribution in [3.05, 3.63) is 18.0 Å². The number of aromatic nitrogens is 2. The van der Waals surface area contributed by atoms with Crippen LogP contribution in [0.5, 0.6) is 0 Å². The van der Waals surface area contributed by atoms with Gasteiger partial charge >= 0.3 is 6.03 Å². The Balaban J connectivity index is 1.31. The Morgan fingerprint density at radius 1 is 1.30 bits per heavy atom. The van der Waals surface area contributed by atoms with Crippen LogP contribution in [0, 0.1) is 5.92 Å². The molecule has 6 heteroatoms. The summed E-state index contributed by atoms with van der Waals surface area (Å²) in [5.74, 6) is 0.917. The lowest BCUT2D eigenvalue weighted by molar-refractivity contribution is 0.161. The molecule has 23 heavy (non-hydrogen) atoms. The molecule has 126 valence electrons. The van der Waals surface area contributed by atoms with Crippen molar-refractivity contribution in [3.8, 4) is 0 Å². The molecule has 1 saturated heterocycles. The number of hydrogen-bond donors (Lipinski definition) is 1. The number of rotatable bonds is 5. The second-order valence-electron chi connectivity index (χ2n) is 7.27. The second-order valence-corrected chi connectivity index (χ2v) is 7.27. The molecule has 3 aliphatic rings. The van der Waals surface area contributed by atoms with E-state index in [9.17, 15) is 4.79 Å². The van der Waals surface area contributed by atoms with Gasteiger partial charge in [0.05, 0.1) is 11.7 Å². The van der Waals surface area contributed by atoms with Crippen LogP contribution >= 0.6 is 0 Å². The minimum absolute atomic E-state index is 0.105. The maximum Gasteiger partial charge on any atom is 0.317 e. The molecule has 0 bridgehead atoms. The number of likely N-dealkylation sites (tertiary alicyclic amines) is 1. The number of amides is 2. The minimum atomic E-state index is 0.105. The van der Waals surface area contributed by atoms with Crippen molar-refractivity contribution in [2.45, 2.75) is 44.7 Å². The van der Waals surface area contributed by atoms with Crippen molar-refractivity contribution in [2.75, 3.05) is 32.7 Å². The minimum Gasteiger partial charge on any atom is -0.338 e. The molecule has 2 fully saturated rings. The van der Waals surface area contributed by atoms with Crippen LogP contribution in [-0.4, -0.2) is 58.3 Å². The average molecular weight is 317 g/mol. The fourth-order valence-electron chi connectivity index (χ4n) is 3.86. The monoisotopic (exact) mass is 317 g/mol. The molecule has 4 rings (SSSR count). The highest BCUT2D eigenvalue weighted by Crippen LogP contribution is 2.32. The molecule has 0 spiro atoms. The van der Waals surface area contributed by atoms with Gasteiger partial charge in [0, 0.05) is 45.5 Å². The molecular weight excluding hydrogens is 290 g/mol. The Bertz CT molecular complexity index is 547. The van der Waals surface area contributed by atoms with E-state index in [1.165, 1.54) is 25.1 Å².